The minimum absolute atomic E-state index is 0.182. The molecule has 3 aromatic rings. The van der Waals surface area contributed by atoms with Crippen LogP contribution in [0.3, 0.4) is 0 Å². The molecule has 2 N–H and O–H groups in total. The number of pyridine rings is 1. The lowest BCUT2D eigenvalue weighted by molar-refractivity contribution is 0.102. The van der Waals surface area contributed by atoms with Gasteiger partial charge in [0.05, 0.1) is 23.8 Å². The smallest absolute Gasteiger partial charge is 0.275 e. The fourth-order valence-corrected chi connectivity index (χ4v) is 4.25. The van der Waals surface area contributed by atoms with Crippen molar-refractivity contribution >= 4 is 23.1 Å². The summed E-state index contributed by atoms with van der Waals surface area (Å²) in [5, 5.41) is 6.08. The van der Waals surface area contributed by atoms with E-state index >= 15 is 0 Å². The molecule has 8 nitrogen and oxygen atoms in total. The standard InChI is InChI=1S/C20H22FN7O/c1-12-8-27-9-13(5-14(21)18(27)25-12)26-19(29)15-6-24-17(7-23-15)28-10-16(22-2)20(11-28)3-4-20/h5-9,16,22H,3-4,10-11H2,1-2H3,(H,26,29). The number of hydrogen-bond acceptors (Lipinski definition) is 6. The largest absolute Gasteiger partial charge is 0.353 e. The normalized spacial score (nSPS) is 19.8. The second-order valence-electron chi connectivity index (χ2n) is 7.99. The Morgan fingerprint density at radius 3 is 2.76 bits per heavy atom. The molecule has 2 fully saturated rings. The summed E-state index contributed by atoms with van der Waals surface area (Å²) in [5.41, 5.74) is 1.80. The molecule has 0 bridgehead atoms. The molecular weight excluding hydrogens is 373 g/mol. The summed E-state index contributed by atoms with van der Waals surface area (Å²) in [7, 11) is 2.00. The van der Waals surface area contributed by atoms with E-state index in [9.17, 15) is 9.18 Å². The van der Waals surface area contributed by atoms with E-state index in [2.05, 4.69) is 30.5 Å². The van der Waals surface area contributed by atoms with Crippen molar-refractivity contribution < 1.29 is 9.18 Å². The molecule has 1 saturated carbocycles. The summed E-state index contributed by atoms with van der Waals surface area (Å²) in [6.45, 7) is 3.63. The SMILES string of the molecule is CNC1CN(c2cnc(C(=O)Nc3cc(F)c4nc(C)cn4c3)cn2)CC12CC2. The molecule has 0 aromatic carbocycles. The number of nitrogens with zero attached hydrogens (tertiary/aromatic N) is 5. The first-order valence-electron chi connectivity index (χ1n) is 9.68. The lowest BCUT2D eigenvalue weighted by atomic mass is 10.0. The van der Waals surface area contributed by atoms with E-state index in [1.807, 2.05) is 7.05 Å². The van der Waals surface area contributed by atoms with E-state index in [-0.39, 0.29) is 11.3 Å². The Morgan fingerprint density at radius 1 is 1.28 bits per heavy atom. The van der Waals surface area contributed by atoms with E-state index in [4.69, 9.17) is 0 Å². The highest BCUT2D eigenvalue weighted by atomic mass is 19.1. The van der Waals surface area contributed by atoms with Crippen LogP contribution in [0.15, 0.2) is 30.9 Å². The van der Waals surface area contributed by atoms with Gasteiger partial charge in [0.1, 0.15) is 11.5 Å². The molecule has 1 atom stereocenters. The van der Waals surface area contributed by atoms with Crippen molar-refractivity contribution in [2.45, 2.75) is 25.8 Å². The van der Waals surface area contributed by atoms with Crippen molar-refractivity contribution in [2.75, 3.05) is 30.4 Å². The number of aromatic nitrogens is 4. The van der Waals surface area contributed by atoms with E-state index < -0.39 is 11.7 Å². The van der Waals surface area contributed by atoms with Crippen molar-refractivity contribution in [1.29, 1.82) is 0 Å². The Balaban J connectivity index is 1.31. The zero-order valence-corrected chi connectivity index (χ0v) is 16.3. The molecule has 150 valence electrons. The number of carbonyl (C=O) groups excluding carboxylic acids is 1. The third-order valence-corrected chi connectivity index (χ3v) is 5.97. The average molecular weight is 395 g/mol. The molecular formula is C20H22FN7O. The maximum absolute atomic E-state index is 14.2. The lowest BCUT2D eigenvalue weighted by Crippen LogP contribution is -2.34. The quantitative estimate of drug-likeness (QED) is 0.703. The lowest BCUT2D eigenvalue weighted by Gasteiger charge is -2.16. The number of hydrogen-bond donors (Lipinski definition) is 2. The molecule has 3 aromatic heterocycles. The average Bonchev–Trinajstić information content (AvgIpc) is 3.22. The summed E-state index contributed by atoms with van der Waals surface area (Å²) in [6, 6.07) is 1.71. The van der Waals surface area contributed by atoms with Gasteiger partial charge >= 0.3 is 0 Å². The van der Waals surface area contributed by atoms with Crippen LogP contribution >= 0.6 is 0 Å². The van der Waals surface area contributed by atoms with E-state index in [1.54, 1.807) is 29.9 Å². The van der Waals surface area contributed by atoms with Gasteiger partial charge in [0.25, 0.3) is 5.91 Å². The van der Waals surface area contributed by atoms with Gasteiger partial charge in [0, 0.05) is 43.0 Å². The van der Waals surface area contributed by atoms with Crippen molar-refractivity contribution in [2.24, 2.45) is 5.41 Å². The molecule has 9 heteroatoms. The van der Waals surface area contributed by atoms with Gasteiger partial charge in [-0.2, -0.15) is 0 Å². The summed E-state index contributed by atoms with van der Waals surface area (Å²) in [5.74, 6) is -0.167. The van der Waals surface area contributed by atoms with Gasteiger partial charge in [0.15, 0.2) is 11.5 Å². The molecule has 1 aliphatic carbocycles. The monoisotopic (exact) mass is 395 g/mol. The molecule has 1 aliphatic heterocycles. The topological polar surface area (TPSA) is 87.5 Å². The summed E-state index contributed by atoms with van der Waals surface area (Å²) < 4.78 is 15.7. The Labute approximate surface area is 167 Å². The number of rotatable bonds is 4. The predicted octanol–water partition coefficient (Wildman–Crippen LogP) is 2.01. The minimum Gasteiger partial charge on any atom is -0.353 e. The zero-order chi connectivity index (χ0) is 20.2. The predicted molar refractivity (Wildman–Crippen MR) is 107 cm³/mol. The number of carbonyl (C=O) groups is 1. The van der Waals surface area contributed by atoms with Crippen LogP contribution in [0.2, 0.25) is 0 Å². The van der Waals surface area contributed by atoms with Crippen LogP contribution in [0.5, 0.6) is 0 Å². The Morgan fingerprint density at radius 2 is 2.10 bits per heavy atom. The van der Waals surface area contributed by atoms with Crippen LogP contribution in [0.25, 0.3) is 5.65 Å². The fourth-order valence-electron chi connectivity index (χ4n) is 4.25. The third kappa shape index (κ3) is 3.11. The minimum atomic E-state index is -0.501. The molecule has 2 aliphatic rings. The van der Waals surface area contributed by atoms with Crippen LogP contribution in [0, 0.1) is 18.2 Å². The number of likely N-dealkylation sites (N-methyl/N-ethyl adjacent to an activating group) is 1. The van der Waals surface area contributed by atoms with E-state index in [0.29, 0.717) is 22.8 Å². The van der Waals surface area contributed by atoms with Crippen LogP contribution in [0.1, 0.15) is 29.0 Å². The molecule has 4 heterocycles. The highest BCUT2D eigenvalue weighted by molar-refractivity contribution is 6.02. The maximum atomic E-state index is 14.2. The fraction of sp³-hybridized carbons (Fsp3) is 0.400. The van der Waals surface area contributed by atoms with Gasteiger partial charge in [-0.3, -0.25) is 4.79 Å². The molecule has 0 radical (unpaired) electrons. The Kier molecular flexibility index (Phi) is 4.02. The number of nitrogens with one attached hydrogen (secondary N) is 2. The third-order valence-electron chi connectivity index (χ3n) is 5.97. The van der Waals surface area contributed by atoms with Crippen molar-refractivity contribution in [3.05, 3.63) is 48.1 Å². The van der Waals surface area contributed by atoms with Crippen LogP contribution in [0.4, 0.5) is 15.9 Å². The van der Waals surface area contributed by atoms with Crippen molar-refractivity contribution in [3.8, 4) is 0 Å². The van der Waals surface area contributed by atoms with Crippen molar-refractivity contribution in [1.82, 2.24) is 24.7 Å². The molecule has 1 unspecified atom stereocenters. The molecule has 5 rings (SSSR count). The second-order valence-corrected chi connectivity index (χ2v) is 7.99. The first-order valence-corrected chi connectivity index (χ1v) is 9.68. The molecule has 1 saturated heterocycles. The Bertz CT molecular complexity index is 1090. The van der Waals surface area contributed by atoms with E-state index in [0.717, 1.165) is 18.9 Å². The number of anilines is 2. The number of halogens is 1. The van der Waals surface area contributed by atoms with Crippen LogP contribution < -0.4 is 15.5 Å². The second kappa shape index (κ2) is 6.48. The number of amides is 1. The van der Waals surface area contributed by atoms with Gasteiger partial charge in [-0.15, -0.1) is 0 Å². The van der Waals surface area contributed by atoms with Gasteiger partial charge in [-0.05, 0) is 26.8 Å². The van der Waals surface area contributed by atoms with Gasteiger partial charge in [0.2, 0.25) is 0 Å². The highest BCUT2D eigenvalue weighted by Gasteiger charge is 2.54. The van der Waals surface area contributed by atoms with Gasteiger partial charge in [-0.1, -0.05) is 0 Å². The first kappa shape index (κ1) is 18.0. The van der Waals surface area contributed by atoms with Crippen LogP contribution in [-0.2, 0) is 0 Å². The summed E-state index contributed by atoms with van der Waals surface area (Å²) in [6.07, 6.45) is 8.89. The number of fused-ring (bicyclic) bond motifs is 1. The zero-order valence-electron chi connectivity index (χ0n) is 16.3. The van der Waals surface area contributed by atoms with Crippen LogP contribution in [-0.4, -0.2) is 51.4 Å². The van der Waals surface area contributed by atoms with E-state index in [1.165, 1.54) is 25.1 Å². The van der Waals surface area contributed by atoms with Gasteiger partial charge in [-0.25, -0.2) is 19.3 Å². The summed E-state index contributed by atoms with van der Waals surface area (Å²) >= 11 is 0. The molecule has 1 spiro atoms. The number of aryl methyl sites for hydroxylation is 1. The molecule has 29 heavy (non-hydrogen) atoms. The first-order chi connectivity index (χ1) is 14.0. The Hall–Kier alpha value is -3.07. The van der Waals surface area contributed by atoms with Crippen molar-refractivity contribution in [3.63, 3.8) is 0 Å². The summed E-state index contributed by atoms with van der Waals surface area (Å²) in [4.78, 5) is 27.6. The maximum Gasteiger partial charge on any atom is 0.275 e. The highest BCUT2D eigenvalue weighted by Crippen LogP contribution is 2.53. The molecule has 1 amide bonds. The number of imidazole rings is 1. The van der Waals surface area contributed by atoms with Gasteiger partial charge < -0.3 is 19.9 Å².